The third-order valence-corrected chi connectivity index (χ3v) is 4.67. The molecular weight excluding hydrogens is 350 g/mol. The van der Waals surface area contributed by atoms with Crippen LogP contribution in [0.4, 0.5) is 5.69 Å². The van der Waals surface area contributed by atoms with E-state index in [2.05, 4.69) is 5.32 Å². The SMILES string of the molecule is Cc1ccc(C(=O)Nc2cccc(C=C3C(=O)c4ccccc4C3=O)c2)cc1. The maximum absolute atomic E-state index is 12.5. The molecule has 0 fully saturated rings. The maximum atomic E-state index is 12.5. The Balaban J connectivity index is 1.59. The highest BCUT2D eigenvalue weighted by Crippen LogP contribution is 2.28. The zero-order chi connectivity index (χ0) is 19.7. The number of carbonyl (C=O) groups excluding carboxylic acids is 3. The summed E-state index contributed by atoms with van der Waals surface area (Å²) in [6, 6.07) is 21.2. The molecule has 3 aromatic rings. The van der Waals surface area contributed by atoms with Gasteiger partial charge in [-0.3, -0.25) is 14.4 Å². The number of aryl methyl sites for hydroxylation is 1. The molecule has 0 saturated heterocycles. The largest absolute Gasteiger partial charge is 0.322 e. The molecule has 1 aliphatic rings. The molecule has 1 aliphatic carbocycles. The number of benzene rings is 3. The van der Waals surface area contributed by atoms with E-state index in [0.717, 1.165) is 5.56 Å². The lowest BCUT2D eigenvalue weighted by molar-refractivity contribution is 0.0987. The maximum Gasteiger partial charge on any atom is 0.255 e. The van der Waals surface area contributed by atoms with Crippen molar-refractivity contribution in [3.05, 3.63) is 106 Å². The zero-order valence-corrected chi connectivity index (χ0v) is 15.2. The summed E-state index contributed by atoms with van der Waals surface area (Å²) in [7, 11) is 0. The minimum Gasteiger partial charge on any atom is -0.322 e. The molecule has 0 spiro atoms. The Morgan fingerprint density at radius 2 is 1.46 bits per heavy atom. The summed E-state index contributed by atoms with van der Waals surface area (Å²) < 4.78 is 0. The molecule has 0 heterocycles. The van der Waals surface area contributed by atoms with Crippen molar-refractivity contribution in [3.8, 4) is 0 Å². The molecule has 136 valence electrons. The lowest BCUT2D eigenvalue weighted by Gasteiger charge is -2.07. The van der Waals surface area contributed by atoms with Gasteiger partial charge in [0.1, 0.15) is 0 Å². The number of hydrogen-bond acceptors (Lipinski definition) is 3. The fourth-order valence-corrected chi connectivity index (χ4v) is 3.18. The van der Waals surface area contributed by atoms with Gasteiger partial charge in [0.2, 0.25) is 0 Å². The molecule has 0 unspecified atom stereocenters. The van der Waals surface area contributed by atoms with Gasteiger partial charge >= 0.3 is 0 Å². The highest BCUT2D eigenvalue weighted by molar-refractivity contribution is 6.41. The molecule has 4 heteroatoms. The van der Waals surface area contributed by atoms with Crippen molar-refractivity contribution in [1.29, 1.82) is 0 Å². The van der Waals surface area contributed by atoms with Crippen LogP contribution in [0.5, 0.6) is 0 Å². The van der Waals surface area contributed by atoms with E-state index in [1.54, 1.807) is 66.7 Å². The van der Waals surface area contributed by atoms with Crippen LogP contribution < -0.4 is 5.32 Å². The number of Topliss-reactive ketones (excluding diaryl/α,β-unsaturated/α-hetero) is 2. The molecule has 4 nitrogen and oxygen atoms in total. The standard InChI is InChI=1S/C24H17NO3/c1-15-9-11-17(12-10-15)24(28)25-18-6-4-5-16(13-18)14-21-22(26)19-7-2-3-8-20(19)23(21)27/h2-14H,1H3,(H,25,28). The normalized spacial score (nSPS) is 12.7. The fourth-order valence-electron chi connectivity index (χ4n) is 3.18. The van der Waals surface area contributed by atoms with Gasteiger partial charge in [0, 0.05) is 22.4 Å². The first-order valence-electron chi connectivity index (χ1n) is 8.91. The third-order valence-electron chi connectivity index (χ3n) is 4.67. The monoisotopic (exact) mass is 367 g/mol. The van der Waals surface area contributed by atoms with Gasteiger partial charge in [-0.1, -0.05) is 54.1 Å². The summed E-state index contributed by atoms with van der Waals surface area (Å²) in [5.41, 5.74) is 3.91. The smallest absolute Gasteiger partial charge is 0.255 e. The van der Waals surface area contributed by atoms with E-state index in [1.165, 1.54) is 0 Å². The molecule has 0 radical (unpaired) electrons. The summed E-state index contributed by atoms with van der Waals surface area (Å²) in [6.45, 7) is 1.96. The second kappa shape index (κ2) is 7.08. The molecule has 0 saturated carbocycles. The second-order valence-electron chi connectivity index (χ2n) is 6.71. The molecule has 0 aliphatic heterocycles. The molecule has 4 rings (SSSR count). The summed E-state index contributed by atoms with van der Waals surface area (Å²) in [5, 5.41) is 2.84. The van der Waals surface area contributed by atoms with E-state index in [4.69, 9.17) is 0 Å². The molecule has 0 atom stereocenters. The first-order chi connectivity index (χ1) is 13.5. The first kappa shape index (κ1) is 17.6. The van der Waals surface area contributed by atoms with Crippen LogP contribution in [-0.2, 0) is 0 Å². The lowest BCUT2D eigenvalue weighted by Crippen LogP contribution is -2.11. The average molecular weight is 367 g/mol. The topological polar surface area (TPSA) is 63.2 Å². The number of fused-ring (bicyclic) bond motifs is 1. The Hall–Kier alpha value is -3.79. The van der Waals surface area contributed by atoms with Crippen LogP contribution in [0.2, 0.25) is 0 Å². The molecule has 0 aromatic heterocycles. The van der Waals surface area contributed by atoms with Crippen LogP contribution in [0.1, 0.15) is 42.2 Å². The Morgan fingerprint density at radius 1 is 0.821 bits per heavy atom. The molecule has 3 aromatic carbocycles. The van der Waals surface area contributed by atoms with Crippen molar-refractivity contribution in [2.24, 2.45) is 0 Å². The van der Waals surface area contributed by atoms with Crippen LogP contribution in [-0.4, -0.2) is 17.5 Å². The van der Waals surface area contributed by atoms with E-state index < -0.39 is 0 Å². The van der Waals surface area contributed by atoms with Gasteiger partial charge < -0.3 is 5.32 Å². The van der Waals surface area contributed by atoms with Gasteiger partial charge in [-0.2, -0.15) is 0 Å². The minimum atomic E-state index is -0.269. The van der Waals surface area contributed by atoms with Gasteiger partial charge in [0.05, 0.1) is 5.57 Å². The molecule has 1 amide bonds. The van der Waals surface area contributed by atoms with Crippen molar-refractivity contribution in [3.63, 3.8) is 0 Å². The van der Waals surface area contributed by atoms with Crippen molar-refractivity contribution < 1.29 is 14.4 Å². The predicted octanol–water partition coefficient (Wildman–Crippen LogP) is 4.71. The molecule has 28 heavy (non-hydrogen) atoms. The number of rotatable bonds is 3. The number of allylic oxidation sites excluding steroid dienone is 1. The van der Waals surface area contributed by atoms with Gasteiger partial charge in [0.25, 0.3) is 5.91 Å². The van der Waals surface area contributed by atoms with Crippen LogP contribution in [0.25, 0.3) is 6.08 Å². The second-order valence-corrected chi connectivity index (χ2v) is 6.71. The number of hydrogen-bond donors (Lipinski definition) is 1. The number of amides is 1. The molecule has 1 N–H and O–H groups in total. The van der Waals surface area contributed by atoms with Crippen molar-refractivity contribution >= 4 is 29.2 Å². The van der Waals surface area contributed by atoms with E-state index in [9.17, 15) is 14.4 Å². The highest BCUT2D eigenvalue weighted by atomic mass is 16.2. The highest BCUT2D eigenvalue weighted by Gasteiger charge is 2.32. The Morgan fingerprint density at radius 3 is 2.11 bits per heavy atom. The molecule has 0 bridgehead atoms. The summed E-state index contributed by atoms with van der Waals surface area (Å²) in [6.07, 6.45) is 1.58. The third kappa shape index (κ3) is 3.28. The lowest BCUT2D eigenvalue weighted by atomic mass is 10.1. The van der Waals surface area contributed by atoms with Crippen LogP contribution in [0, 0.1) is 6.92 Å². The summed E-state index contributed by atoms with van der Waals surface area (Å²) in [4.78, 5) is 37.5. The fraction of sp³-hybridized carbons (Fsp3) is 0.0417. The van der Waals surface area contributed by atoms with E-state index >= 15 is 0 Å². The van der Waals surface area contributed by atoms with Gasteiger partial charge in [-0.05, 0) is 42.8 Å². The predicted molar refractivity (Wildman–Crippen MR) is 109 cm³/mol. The first-order valence-corrected chi connectivity index (χ1v) is 8.91. The van der Waals surface area contributed by atoms with Crippen LogP contribution in [0.15, 0.2) is 78.4 Å². The van der Waals surface area contributed by atoms with Gasteiger partial charge in [0.15, 0.2) is 11.6 Å². The Bertz CT molecular complexity index is 1100. The Labute approximate surface area is 162 Å². The average Bonchev–Trinajstić information content (AvgIpc) is 2.94. The quantitative estimate of drug-likeness (QED) is 0.539. The van der Waals surface area contributed by atoms with Crippen molar-refractivity contribution in [2.45, 2.75) is 6.92 Å². The summed E-state index contributed by atoms with van der Waals surface area (Å²) >= 11 is 0. The number of carbonyl (C=O) groups is 3. The van der Waals surface area contributed by atoms with Gasteiger partial charge in [-0.15, -0.1) is 0 Å². The zero-order valence-electron chi connectivity index (χ0n) is 15.2. The minimum absolute atomic E-state index is 0.142. The number of anilines is 1. The van der Waals surface area contributed by atoms with E-state index in [-0.39, 0.29) is 23.0 Å². The van der Waals surface area contributed by atoms with Gasteiger partial charge in [-0.25, -0.2) is 0 Å². The van der Waals surface area contributed by atoms with Crippen LogP contribution >= 0.6 is 0 Å². The van der Waals surface area contributed by atoms with Crippen LogP contribution in [0.3, 0.4) is 0 Å². The Kier molecular flexibility index (Phi) is 4.45. The number of ketones is 2. The summed E-state index contributed by atoms with van der Waals surface area (Å²) in [5.74, 6) is -0.755. The number of nitrogens with one attached hydrogen (secondary N) is 1. The van der Waals surface area contributed by atoms with Crippen molar-refractivity contribution in [1.82, 2.24) is 0 Å². The van der Waals surface area contributed by atoms with Crippen molar-refractivity contribution in [2.75, 3.05) is 5.32 Å². The molecular formula is C24H17NO3. The van der Waals surface area contributed by atoms with E-state index in [1.807, 2.05) is 19.1 Å². The van der Waals surface area contributed by atoms with E-state index in [0.29, 0.717) is 27.9 Å².